The molecule has 7 rings (SSSR count). The molecule has 9 heteroatoms. The standard InChI is InChI=1S/C29H33FN6O2/c30-22-9-21(10-22)12-31-11-20-1-2-27-33-23(17-35(27)15-20)16-34-6-3-24-25(28(34)37)13-32-14-26(24)36-18-29(19-36)4-7-38-8-5-29/h1-3,6,13-15,17,21-22,31H,4-5,7-12,16,18-19H2. The van der Waals surface area contributed by atoms with Crippen molar-refractivity contribution >= 4 is 22.1 Å². The van der Waals surface area contributed by atoms with E-state index in [1.54, 1.807) is 10.8 Å². The second kappa shape index (κ2) is 9.47. The molecule has 0 bridgehead atoms. The molecule has 1 N–H and O–H groups in total. The fourth-order valence-corrected chi connectivity index (χ4v) is 6.31. The molecule has 4 aromatic heterocycles. The van der Waals surface area contributed by atoms with E-state index in [0.29, 0.717) is 36.1 Å². The Morgan fingerprint density at radius 3 is 2.74 bits per heavy atom. The van der Waals surface area contributed by atoms with E-state index in [0.717, 1.165) is 80.2 Å². The Bertz CT molecular complexity index is 1530. The van der Waals surface area contributed by atoms with E-state index in [1.165, 1.54) is 0 Å². The van der Waals surface area contributed by atoms with Crippen LogP contribution in [0.3, 0.4) is 0 Å². The number of ether oxygens (including phenoxy) is 1. The van der Waals surface area contributed by atoms with Gasteiger partial charge in [0.1, 0.15) is 11.8 Å². The van der Waals surface area contributed by atoms with Gasteiger partial charge in [-0.25, -0.2) is 9.37 Å². The van der Waals surface area contributed by atoms with Gasteiger partial charge >= 0.3 is 0 Å². The Morgan fingerprint density at radius 2 is 1.92 bits per heavy atom. The van der Waals surface area contributed by atoms with Gasteiger partial charge in [0, 0.05) is 68.4 Å². The number of anilines is 1. The SMILES string of the molecule is O=c1c2cncc(N3CC4(CCOCC4)C3)c2ccn1Cc1cn2cc(CNCC3CC(F)C3)ccc2n1. The van der Waals surface area contributed by atoms with E-state index >= 15 is 0 Å². The maximum absolute atomic E-state index is 13.4. The average Bonchev–Trinajstić information content (AvgIpc) is 3.30. The van der Waals surface area contributed by atoms with E-state index in [9.17, 15) is 9.18 Å². The van der Waals surface area contributed by atoms with E-state index in [1.807, 2.05) is 35.1 Å². The molecular formula is C29H33FN6O2. The number of fused-ring (bicyclic) bond motifs is 2. The van der Waals surface area contributed by atoms with Crippen LogP contribution in [0.5, 0.6) is 0 Å². The van der Waals surface area contributed by atoms with E-state index in [4.69, 9.17) is 9.72 Å². The van der Waals surface area contributed by atoms with Gasteiger partial charge in [-0.05, 0) is 55.8 Å². The number of pyridine rings is 3. The van der Waals surface area contributed by atoms with Crippen LogP contribution in [-0.4, -0.2) is 58.0 Å². The Morgan fingerprint density at radius 1 is 1.08 bits per heavy atom. The molecule has 2 aliphatic heterocycles. The van der Waals surface area contributed by atoms with E-state index in [2.05, 4.69) is 27.5 Å². The van der Waals surface area contributed by atoms with Gasteiger partial charge in [0.05, 0.1) is 29.5 Å². The van der Waals surface area contributed by atoms with Crippen molar-refractivity contribution in [2.24, 2.45) is 11.3 Å². The van der Waals surface area contributed by atoms with Crippen LogP contribution >= 0.6 is 0 Å². The summed E-state index contributed by atoms with van der Waals surface area (Å²) < 4.78 is 22.3. The Kier molecular flexibility index (Phi) is 5.93. The van der Waals surface area contributed by atoms with Gasteiger partial charge in [0.25, 0.3) is 5.56 Å². The maximum atomic E-state index is 13.4. The lowest BCUT2D eigenvalue weighted by Crippen LogP contribution is -2.58. The Labute approximate surface area is 220 Å². The first-order chi connectivity index (χ1) is 18.6. The van der Waals surface area contributed by atoms with Gasteiger partial charge < -0.3 is 23.9 Å². The lowest BCUT2D eigenvalue weighted by molar-refractivity contribution is -0.000118. The fraction of sp³-hybridized carbons (Fsp3) is 0.483. The molecule has 0 amide bonds. The molecule has 198 valence electrons. The van der Waals surface area contributed by atoms with Crippen molar-refractivity contribution in [3.8, 4) is 0 Å². The van der Waals surface area contributed by atoms with Gasteiger partial charge in [0.15, 0.2) is 0 Å². The zero-order valence-electron chi connectivity index (χ0n) is 21.5. The first kappa shape index (κ1) is 23.8. The van der Waals surface area contributed by atoms with Crippen molar-refractivity contribution in [2.45, 2.75) is 44.9 Å². The van der Waals surface area contributed by atoms with Gasteiger partial charge in [-0.2, -0.15) is 0 Å². The summed E-state index contributed by atoms with van der Waals surface area (Å²) in [6, 6.07) is 6.10. The number of halogens is 1. The molecule has 0 radical (unpaired) electrons. The molecule has 3 aliphatic rings. The van der Waals surface area contributed by atoms with E-state index < -0.39 is 6.17 Å². The number of hydrogen-bond donors (Lipinski definition) is 1. The van der Waals surface area contributed by atoms with Crippen LogP contribution in [0.2, 0.25) is 0 Å². The molecule has 4 aromatic rings. The van der Waals surface area contributed by atoms with Crippen LogP contribution in [0.4, 0.5) is 10.1 Å². The Balaban J connectivity index is 1.06. The molecular weight excluding hydrogens is 483 g/mol. The van der Waals surface area contributed by atoms with Gasteiger partial charge in [0.2, 0.25) is 0 Å². The quantitative estimate of drug-likeness (QED) is 0.405. The lowest BCUT2D eigenvalue weighted by atomic mass is 9.73. The minimum atomic E-state index is -0.610. The van der Waals surface area contributed by atoms with Crippen molar-refractivity contribution in [3.63, 3.8) is 0 Å². The van der Waals surface area contributed by atoms with Crippen LogP contribution in [0.1, 0.15) is 36.9 Å². The zero-order chi connectivity index (χ0) is 25.7. The molecule has 2 saturated heterocycles. The first-order valence-corrected chi connectivity index (χ1v) is 13.7. The van der Waals surface area contributed by atoms with Crippen molar-refractivity contribution in [2.75, 3.05) is 37.7 Å². The highest BCUT2D eigenvalue weighted by Crippen LogP contribution is 2.43. The molecule has 1 saturated carbocycles. The van der Waals surface area contributed by atoms with Crippen LogP contribution in [0.15, 0.2) is 54.0 Å². The summed E-state index contributed by atoms with van der Waals surface area (Å²) in [6.45, 7) is 5.67. The molecule has 8 nitrogen and oxygen atoms in total. The lowest BCUT2D eigenvalue weighted by Gasteiger charge is -2.53. The number of nitrogens with one attached hydrogen (secondary N) is 1. The topological polar surface area (TPSA) is 76.7 Å². The van der Waals surface area contributed by atoms with Crippen molar-refractivity contribution in [1.29, 1.82) is 0 Å². The largest absolute Gasteiger partial charge is 0.381 e. The molecule has 6 heterocycles. The van der Waals surface area contributed by atoms with Crippen LogP contribution < -0.4 is 15.8 Å². The molecule has 0 unspecified atom stereocenters. The van der Waals surface area contributed by atoms with Crippen molar-refractivity contribution in [1.82, 2.24) is 24.3 Å². The molecule has 0 aromatic carbocycles. The van der Waals surface area contributed by atoms with Gasteiger partial charge in [-0.1, -0.05) is 6.07 Å². The summed E-state index contributed by atoms with van der Waals surface area (Å²) in [5, 5.41) is 5.03. The third kappa shape index (κ3) is 4.37. The summed E-state index contributed by atoms with van der Waals surface area (Å²) in [5.74, 6) is 0.453. The zero-order valence-corrected chi connectivity index (χ0v) is 21.5. The molecule has 0 atom stereocenters. The summed E-state index contributed by atoms with van der Waals surface area (Å²) in [7, 11) is 0. The second-order valence-corrected chi connectivity index (χ2v) is 11.4. The molecule has 3 fully saturated rings. The first-order valence-electron chi connectivity index (χ1n) is 13.7. The smallest absolute Gasteiger partial charge is 0.260 e. The minimum absolute atomic E-state index is 0.0494. The molecule has 1 spiro atoms. The monoisotopic (exact) mass is 516 g/mol. The van der Waals surface area contributed by atoms with Crippen LogP contribution in [0, 0.1) is 11.3 Å². The maximum Gasteiger partial charge on any atom is 0.260 e. The third-order valence-electron chi connectivity index (χ3n) is 8.66. The summed E-state index contributed by atoms with van der Waals surface area (Å²) in [4.78, 5) is 24.9. The van der Waals surface area contributed by atoms with Crippen LogP contribution in [0.25, 0.3) is 16.4 Å². The predicted molar refractivity (Wildman–Crippen MR) is 144 cm³/mol. The highest BCUT2D eigenvalue weighted by molar-refractivity contribution is 5.93. The third-order valence-corrected chi connectivity index (χ3v) is 8.66. The number of nitrogens with zero attached hydrogens (tertiary/aromatic N) is 5. The summed E-state index contributed by atoms with van der Waals surface area (Å²) in [5.41, 5.74) is 4.16. The number of imidazole rings is 1. The molecule has 1 aliphatic carbocycles. The van der Waals surface area contributed by atoms with E-state index in [-0.39, 0.29) is 5.56 Å². The van der Waals surface area contributed by atoms with Crippen LogP contribution in [-0.2, 0) is 17.8 Å². The number of alkyl halides is 1. The highest BCUT2D eigenvalue weighted by Gasteiger charge is 2.44. The number of rotatable bonds is 7. The predicted octanol–water partition coefficient (Wildman–Crippen LogP) is 3.55. The minimum Gasteiger partial charge on any atom is -0.381 e. The van der Waals surface area contributed by atoms with Gasteiger partial charge in [-0.15, -0.1) is 0 Å². The second-order valence-electron chi connectivity index (χ2n) is 11.4. The molecule has 38 heavy (non-hydrogen) atoms. The van der Waals surface area contributed by atoms with Crippen molar-refractivity contribution in [3.05, 3.63) is 70.8 Å². The normalized spacial score (nSPS) is 22.6. The average molecular weight is 517 g/mol. The number of aromatic nitrogens is 4. The number of hydrogen-bond acceptors (Lipinski definition) is 6. The fourth-order valence-electron chi connectivity index (χ4n) is 6.31. The van der Waals surface area contributed by atoms with Gasteiger partial charge in [-0.3, -0.25) is 9.78 Å². The summed E-state index contributed by atoms with van der Waals surface area (Å²) >= 11 is 0. The summed E-state index contributed by atoms with van der Waals surface area (Å²) in [6.07, 6.45) is 12.4. The highest BCUT2D eigenvalue weighted by atomic mass is 19.1. The Hall–Kier alpha value is -3.30. The van der Waals surface area contributed by atoms with Crippen molar-refractivity contribution < 1.29 is 9.13 Å².